The average molecular weight is 135 g/mol. The number of hydrazine groups is 1. The molecule has 3 nitrogen and oxygen atoms in total. The van der Waals surface area contributed by atoms with Crippen LogP contribution in [0.25, 0.3) is 0 Å². The Hall–Kier alpha value is -1.09. The fraction of sp³-hybridized carbons (Fsp3) is 0.286. The Morgan fingerprint density at radius 3 is 3.30 bits per heavy atom. The van der Waals surface area contributed by atoms with Gasteiger partial charge in [-0.2, -0.15) is 0 Å². The number of aromatic nitrogens is 1. The lowest BCUT2D eigenvalue weighted by atomic mass is 10.2. The second kappa shape index (κ2) is 1.95. The molecule has 0 saturated heterocycles. The molecule has 1 aromatic heterocycles. The van der Waals surface area contributed by atoms with E-state index in [9.17, 15) is 0 Å². The molecular weight excluding hydrogens is 126 g/mol. The van der Waals surface area contributed by atoms with Crippen molar-refractivity contribution in [1.29, 1.82) is 0 Å². The van der Waals surface area contributed by atoms with Crippen LogP contribution in [0.1, 0.15) is 5.56 Å². The number of nitrogens with zero attached hydrogens (tertiary/aromatic N) is 2. The number of hydrogen-bond acceptors (Lipinski definition) is 3. The van der Waals surface area contributed by atoms with E-state index in [0.29, 0.717) is 0 Å². The fourth-order valence-electron chi connectivity index (χ4n) is 1.25. The van der Waals surface area contributed by atoms with Gasteiger partial charge in [-0.1, -0.05) is 0 Å². The molecule has 1 aromatic rings. The molecule has 2 heterocycles. The van der Waals surface area contributed by atoms with Gasteiger partial charge in [0, 0.05) is 18.9 Å². The summed E-state index contributed by atoms with van der Waals surface area (Å²) in [6.07, 6.45) is 4.67. The minimum absolute atomic E-state index is 0.918. The van der Waals surface area contributed by atoms with Crippen LogP contribution < -0.4 is 10.9 Å². The summed E-state index contributed by atoms with van der Waals surface area (Å²) < 4.78 is 0. The number of hydrogen-bond donors (Lipinski definition) is 1. The highest BCUT2D eigenvalue weighted by Gasteiger charge is 2.14. The maximum absolute atomic E-state index is 5.65. The lowest BCUT2D eigenvalue weighted by Gasteiger charge is -2.09. The van der Waals surface area contributed by atoms with Gasteiger partial charge in [-0.05, 0) is 18.1 Å². The summed E-state index contributed by atoms with van der Waals surface area (Å²) in [7, 11) is 0. The third kappa shape index (κ3) is 0.675. The highest BCUT2D eigenvalue weighted by molar-refractivity contribution is 5.54. The van der Waals surface area contributed by atoms with Gasteiger partial charge >= 0.3 is 0 Å². The molecule has 0 radical (unpaired) electrons. The van der Waals surface area contributed by atoms with Crippen LogP contribution in [-0.4, -0.2) is 11.5 Å². The SMILES string of the molecule is NN1CCc2cnccc21. The molecule has 52 valence electrons. The number of nitrogens with two attached hydrogens (primary N) is 1. The second-order valence-electron chi connectivity index (χ2n) is 2.45. The van der Waals surface area contributed by atoms with Gasteiger partial charge in [-0.15, -0.1) is 0 Å². The first kappa shape index (κ1) is 5.68. The van der Waals surface area contributed by atoms with Gasteiger partial charge in [-0.3, -0.25) is 4.98 Å². The molecule has 3 heteroatoms. The van der Waals surface area contributed by atoms with Crippen molar-refractivity contribution in [1.82, 2.24) is 4.98 Å². The van der Waals surface area contributed by atoms with Gasteiger partial charge in [0.2, 0.25) is 0 Å². The van der Waals surface area contributed by atoms with Crippen molar-refractivity contribution in [2.24, 2.45) is 5.84 Å². The average Bonchev–Trinajstić information content (AvgIpc) is 2.34. The van der Waals surface area contributed by atoms with E-state index in [4.69, 9.17) is 5.84 Å². The molecule has 1 aliphatic rings. The Morgan fingerprint density at radius 2 is 2.50 bits per heavy atom. The Morgan fingerprint density at radius 1 is 1.60 bits per heavy atom. The van der Waals surface area contributed by atoms with E-state index >= 15 is 0 Å². The summed E-state index contributed by atoms with van der Waals surface area (Å²) >= 11 is 0. The number of anilines is 1. The minimum Gasteiger partial charge on any atom is -0.310 e. The molecule has 2 rings (SSSR count). The topological polar surface area (TPSA) is 42.1 Å². The second-order valence-corrected chi connectivity index (χ2v) is 2.45. The minimum atomic E-state index is 0.918. The third-order valence-electron chi connectivity index (χ3n) is 1.81. The van der Waals surface area contributed by atoms with Crippen LogP contribution in [0.15, 0.2) is 18.5 Å². The smallest absolute Gasteiger partial charge is 0.0580 e. The molecule has 1 aliphatic heterocycles. The van der Waals surface area contributed by atoms with Crippen molar-refractivity contribution < 1.29 is 0 Å². The normalized spacial score (nSPS) is 15.5. The first-order valence-corrected chi connectivity index (χ1v) is 3.33. The van der Waals surface area contributed by atoms with E-state index in [1.165, 1.54) is 5.56 Å². The summed E-state index contributed by atoms with van der Waals surface area (Å²) in [5.74, 6) is 5.65. The maximum Gasteiger partial charge on any atom is 0.0580 e. The van der Waals surface area contributed by atoms with Crippen molar-refractivity contribution in [2.75, 3.05) is 11.6 Å². The van der Waals surface area contributed by atoms with Gasteiger partial charge in [0.1, 0.15) is 0 Å². The summed E-state index contributed by atoms with van der Waals surface area (Å²) in [6, 6.07) is 1.95. The molecule has 0 amide bonds. The highest BCUT2D eigenvalue weighted by Crippen LogP contribution is 2.22. The molecule has 0 aliphatic carbocycles. The van der Waals surface area contributed by atoms with Crippen LogP contribution in [0.5, 0.6) is 0 Å². The van der Waals surface area contributed by atoms with Crippen LogP contribution in [0, 0.1) is 0 Å². The van der Waals surface area contributed by atoms with Crippen LogP contribution in [0.3, 0.4) is 0 Å². The van der Waals surface area contributed by atoms with Crippen molar-refractivity contribution in [3.8, 4) is 0 Å². The van der Waals surface area contributed by atoms with E-state index in [0.717, 1.165) is 18.7 Å². The van der Waals surface area contributed by atoms with Gasteiger partial charge < -0.3 is 5.01 Å². The van der Waals surface area contributed by atoms with Gasteiger partial charge in [-0.25, -0.2) is 5.84 Å². The molecular formula is C7H9N3. The largest absolute Gasteiger partial charge is 0.310 e. The molecule has 0 unspecified atom stereocenters. The van der Waals surface area contributed by atoms with Crippen LogP contribution in [-0.2, 0) is 6.42 Å². The summed E-state index contributed by atoms with van der Waals surface area (Å²) in [4.78, 5) is 4.01. The lowest BCUT2D eigenvalue weighted by Crippen LogP contribution is -2.27. The van der Waals surface area contributed by atoms with Crippen LogP contribution in [0.2, 0.25) is 0 Å². The number of rotatable bonds is 0. The highest BCUT2D eigenvalue weighted by atomic mass is 15.4. The molecule has 0 bridgehead atoms. The van der Waals surface area contributed by atoms with E-state index in [1.807, 2.05) is 12.3 Å². The monoisotopic (exact) mass is 135 g/mol. The van der Waals surface area contributed by atoms with Crippen molar-refractivity contribution in [3.05, 3.63) is 24.0 Å². The fourth-order valence-corrected chi connectivity index (χ4v) is 1.25. The van der Waals surface area contributed by atoms with Crippen molar-refractivity contribution >= 4 is 5.69 Å². The Kier molecular flexibility index (Phi) is 1.11. The third-order valence-corrected chi connectivity index (χ3v) is 1.81. The zero-order valence-corrected chi connectivity index (χ0v) is 5.62. The van der Waals surface area contributed by atoms with Crippen LogP contribution >= 0.6 is 0 Å². The Balaban J connectivity index is 2.51. The quantitative estimate of drug-likeness (QED) is 0.521. The first-order valence-electron chi connectivity index (χ1n) is 3.33. The summed E-state index contributed by atoms with van der Waals surface area (Å²) in [5, 5.41) is 1.76. The number of pyridine rings is 1. The van der Waals surface area contributed by atoms with Crippen molar-refractivity contribution in [3.63, 3.8) is 0 Å². The molecule has 0 fully saturated rings. The van der Waals surface area contributed by atoms with E-state index < -0.39 is 0 Å². The molecule has 2 N–H and O–H groups in total. The first-order chi connectivity index (χ1) is 4.88. The molecule has 0 atom stereocenters. The van der Waals surface area contributed by atoms with Gasteiger partial charge in [0.05, 0.1) is 5.69 Å². The predicted molar refractivity (Wildman–Crippen MR) is 39.5 cm³/mol. The van der Waals surface area contributed by atoms with E-state index in [1.54, 1.807) is 11.2 Å². The van der Waals surface area contributed by atoms with E-state index in [-0.39, 0.29) is 0 Å². The Labute approximate surface area is 59.4 Å². The molecule has 0 aromatic carbocycles. The van der Waals surface area contributed by atoms with Crippen LogP contribution in [0.4, 0.5) is 5.69 Å². The molecule has 0 spiro atoms. The molecule has 0 saturated carbocycles. The van der Waals surface area contributed by atoms with Gasteiger partial charge in [0.15, 0.2) is 0 Å². The summed E-state index contributed by atoms with van der Waals surface area (Å²) in [5.41, 5.74) is 2.38. The predicted octanol–water partition coefficient (Wildman–Crippen LogP) is 0.318. The number of fused-ring (bicyclic) bond motifs is 1. The van der Waals surface area contributed by atoms with Gasteiger partial charge in [0.25, 0.3) is 0 Å². The lowest BCUT2D eigenvalue weighted by molar-refractivity contribution is 0.891. The Bertz CT molecular complexity index is 246. The standard InChI is InChI=1S/C7H9N3/c8-10-4-2-6-5-9-3-1-7(6)10/h1,3,5H,2,4,8H2. The molecule has 10 heavy (non-hydrogen) atoms. The zero-order valence-electron chi connectivity index (χ0n) is 5.62. The maximum atomic E-state index is 5.65. The van der Waals surface area contributed by atoms with Crippen molar-refractivity contribution in [2.45, 2.75) is 6.42 Å². The van der Waals surface area contributed by atoms with E-state index in [2.05, 4.69) is 4.98 Å². The summed E-state index contributed by atoms with van der Waals surface area (Å²) in [6.45, 7) is 0.918. The zero-order chi connectivity index (χ0) is 6.97.